The van der Waals surface area contributed by atoms with Crippen molar-refractivity contribution in [3.05, 3.63) is 93.5 Å². The maximum absolute atomic E-state index is 17.9. The molecule has 0 aliphatic carbocycles. The van der Waals surface area contributed by atoms with E-state index in [9.17, 15) is 5.26 Å². The van der Waals surface area contributed by atoms with Gasteiger partial charge in [0.15, 0.2) is 0 Å². The van der Waals surface area contributed by atoms with Crippen LogP contribution in [0.1, 0.15) is 43.7 Å². The van der Waals surface area contributed by atoms with Crippen LogP contribution in [0.25, 0.3) is 0 Å². The van der Waals surface area contributed by atoms with Crippen LogP contribution in [0.3, 0.4) is 0 Å². The number of nitrogens with zero attached hydrogens (tertiary/aromatic N) is 1. The predicted molar refractivity (Wildman–Crippen MR) is 122 cm³/mol. The average Bonchev–Trinajstić information content (AvgIpc) is 2.61. The first-order valence-electron chi connectivity index (χ1n) is 10.00. The summed E-state index contributed by atoms with van der Waals surface area (Å²) in [7, 11) is 0. The summed E-state index contributed by atoms with van der Waals surface area (Å²) in [6.07, 6.45) is 0. The summed E-state index contributed by atoms with van der Waals surface area (Å²) in [6, 6.07) is 20.1. The van der Waals surface area contributed by atoms with E-state index in [2.05, 4.69) is 30.3 Å². The molecule has 0 aliphatic rings. The predicted octanol–water partition coefficient (Wildman–Crippen LogP) is 5.41. The van der Waals surface area contributed by atoms with Crippen molar-refractivity contribution in [2.75, 3.05) is 0 Å². The van der Waals surface area contributed by atoms with E-state index >= 15 is 3.50 Å². The van der Waals surface area contributed by atoms with Gasteiger partial charge in [-0.3, -0.25) is 0 Å². The third-order valence-electron chi connectivity index (χ3n) is 5.74. The van der Waals surface area contributed by atoms with Gasteiger partial charge in [0.05, 0.1) is 0 Å². The van der Waals surface area contributed by atoms with Crippen LogP contribution in [0.15, 0.2) is 54.6 Å². The van der Waals surface area contributed by atoms with Crippen LogP contribution in [-0.2, 0) is 0 Å². The number of hydrogen-bond acceptors (Lipinski definition) is 1. The second-order valence-corrected chi connectivity index (χ2v) is 14.5. The van der Waals surface area contributed by atoms with E-state index in [1.807, 2.05) is 71.9 Å². The van der Waals surface area contributed by atoms with Crippen molar-refractivity contribution < 1.29 is 3.50 Å². The molecule has 0 amide bonds. The van der Waals surface area contributed by atoms with Crippen LogP contribution in [0.2, 0.25) is 0 Å². The van der Waals surface area contributed by atoms with Gasteiger partial charge in [-0.15, -0.1) is 0 Å². The zero-order valence-corrected chi connectivity index (χ0v) is 20.2. The quantitative estimate of drug-likeness (QED) is 0.492. The standard InChI is InChI=1S/C26H28FGeN/c1-17-12-19(3)25(20(4)13-17)28(27,24(16-29)23-10-8-7-9-11-23)26-21(5)14-18(2)15-22(26)6/h7-15,24H,1-6H3. The molecule has 0 saturated carbocycles. The number of halogens is 1. The number of nitriles is 1. The average molecular weight is 446 g/mol. The molecule has 29 heavy (non-hydrogen) atoms. The molecule has 3 aromatic rings. The van der Waals surface area contributed by atoms with Gasteiger partial charge in [-0.2, -0.15) is 0 Å². The van der Waals surface area contributed by atoms with Crippen LogP contribution in [-0.4, -0.2) is 13.7 Å². The zero-order valence-electron chi connectivity index (χ0n) is 18.1. The Morgan fingerprint density at radius 2 is 1.10 bits per heavy atom. The molecular weight excluding hydrogens is 418 g/mol. The maximum atomic E-state index is 17.9. The first-order chi connectivity index (χ1) is 13.7. The van der Waals surface area contributed by atoms with E-state index < -0.39 is 18.5 Å². The Morgan fingerprint density at radius 1 is 0.724 bits per heavy atom. The second kappa shape index (κ2) is 8.16. The summed E-state index contributed by atoms with van der Waals surface area (Å²) >= 11 is -4.66. The summed E-state index contributed by atoms with van der Waals surface area (Å²) in [4.78, 5) is 0. The molecule has 3 rings (SSSR count). The van der Waals surface area contributed by atoms with E-state index in [-0.39, 0.29) is 0 Å². The molecule has 0 aliphatic heterocycles. The van der Waals surface area contributed by atoms with Gasteiger partial charge >= 0.3 is 177 Å². The minimum absolute atomic E-state index is 0.767. The van der Waals surface area contributed by atoms with Crippen LogP contribution >= 0.6 is 0 Å². The van der Waals surface area contributed by atoms with Gasteiger partial charge in [-0.1, -0.05) is 0 Å². The summed E-state index contributed by atoms with van der Waals surface area (Å²) < 4.78 is 18.7. The number of benzene rings is 3. The summed E-state index contributed by atoms with van der Waals surface area (Å²) in [5, 5.41) is 10.3. The fraction of sp³-hybridized carbons (Fsp3) is 0.269. The Labute approximate surface area is 177 Å². The molecule has 1 atom stereocenters. The summed E-state index contributed by atoms with van der Waals surface area (Å²) in [6.45, 7) is 12.1. The summed E-state index contributed by atoms with van der Waals surface area (Å²) in [5.74, 6) is 0. The fourth-order valence-electron chi connectivity index (χ4n) is 4.96. The van der Waals surface area contributed by atoms with Crippen molar-refractivity contribution in [1.82, 2.24) is 0 Å². The summed E-state index contributed by atoms with van der Waals surface area (Å²) in [5.41, 5.74) is 6.86. The first-order valence-corrected chi connectivity index (χ1v) is 14.1. The van der Waals surface area contributed by atoms with Gasteiger partial charge < -0.3 is 0 Å². The molecule has 0 heterocycles. The normalized spacial score (nSPS) is 12.5. The molecule has 0 aromatic heterocycles. The van der Waals surface area contributed by atoms with E-state index in [1.54, 1.807) is 0 Å². The first kappa shape index (κ1) is 21.3. The third kappa shape index (κ3) is 3.77. The van der Waals surface area contributed by atoms with Crippen LogP contribution in [0.4, 0.5) is 3.50 Å². The molecule has 1 nitrogen and oxygen atoms in total. The third-order valence-corrected chi connectivity index (χ3v) is 14.7. The van der Waals surface area contributed by atoms with Crippen LogP contribution in [0, 0.1) is 52.9 Å². The molecule has 0 saturated heterocycles. The Balaban J connectivity index is 2.45. The van der Waals surface area contributed by atoms with Crippen LogP contribution < -0.4 is 8.79 Å². The molecule has 0 radical (unpaired) electrons. The van der Waals surface area contributed by atoms with E-state index in [0.717, 1.165) is 47.7 Å². The molecule has 3 aromatic carbocycles. The molecule has 0 spiro atoms. The van der Waals surface area contributed by atoms with Crippen molar-refractivity contribution in [1.29, 1.82) is 5.26 Å². The topological polar surface area (TPSA) is 23.8 Å². The molecule has 3 heteroatoms. The van der Waals surface area contributed by atoms with Gasteiger partial charge in [-0.25, -0.2) is 0 Å². The van der Waals surface area contributed by atoms with Crippen molar-refractivity contribution in [3.8, 4) is 6.07 Å². The van der Waals surface area contributed by atoms with Crippen molar-refractivity contribution in [3.63, 3.8) is 0 Å². The zero-order chi connectivity index (χ0) is 21.3. The Hall–Kier alpha value is -2.38. The molecule has 0 bridgehead atoms. The molecule has 0 fully saturated rings. The monoisotopic (exact) mass is 447 g/mol. The van der Waals surface area contributed by atoms with Gasteiger partial charge in [-0.05, 0) is 0 Å². The SMILES string of the molecule is Cc1cc(C)[c]([Ge]([F])([c]2c(C)cc(C)cc2C)[CH](C#N)c2ccccc2)c(C)c1. The van der Waals surface area contributed by atoms with Crippen molar-refractivity contribution in [2.24, 2.45) is 0 Å². The molecule has 0 N–H and O–H groups in total. The van der Waals surface area contributed by atoms with E-state index in [1.165, 1.54) is 0 Å². The van der Waals surface area contributed by atoms with Gasteiger partial charge in [0, 0.05) is 0 Å². The van der Waals surface area contributed by atoms with E-state index in [0.29, 0.717) is 0 Å². The Bertz CT molecular complexity index is 992. The fourth-order valence-corrected chi connectivity index (χ4v) is 13.9. The number of hydrogen-bond donors (Lipinski definition) is 0. The minimum atomic E-state index is -4.66. The second-order valence-electron chi connectivity index (χ2n) is 8.23. The van der Waals surface area contributed by atoms with Gasteiger partial charge in [0.2, 0.25) is 0 Å². The molecule has 1 unspecified atom stereocenters. The Kier molecular flexibility index (Phi) is 6.01. The Morgan fingerprint density at radius 3 is 1.45 bits per heavy atom. The van der Waals surface area contributed by atoms with Crippen LogP contribution in [0.5, 0.6) is 0 Å². The van der Waals surface area contributed by atoms with Crippen molar-refractivity contribution in [2.45, 2.75) is 46.3 Å². The number of aryl methyl sites for hydroxylation is 6. The van der Waals surface area contributed by atoms with Gasteiger partial charge in [0.1, 0.15) is 0 Å². The van der Waals surface area contributed by atoms with Gasteiger partial charge in [0.25, 0.3) is 0 Å². The van der Waals surface area contributed by atoms with Crippen molar-refractivity contribution >= 4 is 22.5 Å². The molecular formula is C26H28FGeN. The van der Waals surface area contributed by atoms with E-state index in [4.69, 9.17) is 0 Å². The number of rotatable bonds is 4. The molecule has 148 valence electrons.